The van der Waals surface area contributed by atoms with E-state index in [1.54, 1.807) is 0 Å². The predicted octanol–water partition coefficient (Wildman–Crippen LogP) is 3.89. The highest BCUT2D eigenvalue weighted by Gasteiger charge is 2.28. The van der Waals surface area contributed by atoms with Gasteiger partial charge in [-0.2, -0.15) is 0 Å². The van der Waals surface area contributed by atoms with Gasteiger partial charge in [0.05, 0.1) is 12.5 Å². The third kappa shape index (κ3) is 2.95. The third-order valence-electron chi connectivity index (χ3n) is 3.44. The Kier molecular flexibility index (Phi) is 3.61. The van der Waals surface area contributed by atoms with Crippen LogP contribution in [-0.4, -0.2) is 13.1 Å². The van der Waals surface area contributed by atoms with Crippen molar-refractivity contribution in [1.82, 2.24) is 0 Å². The first-order valence-corrected chi connectivity index (χ1v) is 6.50. The molecule has 0 atom stereocenters. The average molecular weight is 256 g/mol. The number of carbonyl (C=O) groups excluding carboxylic acids is 1. The van der Waals surface area contributed by atoms with Crippen LogP contribution >= 0.6 is 0 Å². The standard InChI is InChI=1S/C17H20O2/c1-12-5-7-15-10-13(6-8-14(15)9-12)11-17(2,3)16(18)19-4/h5-10H,11H2,1-4H3. The minimum absolute atomic E-state index is 0.170. The monoisotopic (exact) mass is 256 g/mol. The van der Waals surface area contributed by atoms with Gasteiger partial charge in [-0.1, -0.05) is 42.0 Å². The highest BCUT2D eigenvalue weighted by atomic mass is 16.5. The third-order valence-corrected chi connectivity index (χ3v) is 3.44. The second kappa shape index (κ2) is 5.04. The quantitative estimate of drug-likeness (QED) is 0.779. The minimum Gasteiger partial charge on any atom is -0.469 e. The maximum atomic E-state index is 11.7. The van der Waals surface area contributed by atoms with Crippen molar-refractivity contribution in [2.75, 3.05) is 7.11 Å². The van der Waals surface area contributed by atoms with E-state index in [4.69, 9.17) is 4.74 Å². The molecule has 0 saturated heterocycles. The normalized spacial score (nSPS) is 11.6. The van der Waals surface area contributed by atoms with E-state index in [0.29, 0.717) is 6.42 Å². The summed E-state index contributed by atoms with van der Waals surface area (Å²) < 4.78 is 4.85. The molecule has 2 aromatic rings. The van der Waals surface area contributed by atoms with E-state index in [0.717, 1.165) is 5.56 Å². The summed E-state index contributed by atoms with van der Waals surface area (Å²) in [5.41, 5.74) is 1.93. The summed E-state index contributed by atoms with van der Waals surface area (Å²) in [5.74, 6) is -0.170. The van der Waals surface area contributed by atoms with Crippen LogP contribution in [-0.2, 0) is 16.0 Å². The van der Waals surface area contributed by atoms with Crippen molar-refractivity contribution < 1.29 is 9.53 Å². The molecule has 0 heterocycles. The van der Waals surface area contributed by atoms with Gasteiger partial charge in [0.2, 0.25) is 0 Å². The van der Waals surface area contributed by atoms with Crippen LogP contribution in [0.3, 0.4) is 0 Å². The first-order valence-electron chi connectivity index (χ1n) is 6.50. The van der Waals surface area contributed by atoms with E-state index >= 15 is 0 Å². The number of rotatable bonds is 3. The fraction of sp³-hybridized carbons (Fsp3) is 0.353. The summed E-state index contributed by atoms with van der Waals surface area (Å²) >= 11 is 0. The fourth-order valence-electron chi connectivity index (χ4n) is 2.38. The molecule has 0 fully saturated rings. The lowest BCUT2D eigenvalue weighted by Gasteiger charge is -2.21. The number of methoxy groups -OCH3 is 1. The van der Waals surface area contributed by atoms with Crippen LogP contribution in [0.4, 0.5) is 0 Å². The van der Waals surface area contributed by atoms with E-state index in [1.165, 1.54) is 23.4 Å². The molecule has 0 aliphatic rings. The lowest BCUT2D eigenvalue weighted by Crippen LogP contribution is -2.27. The molecule has 2 heteroatoms. The number of ether oxygens (including phenoxy) is 1. The smallest absolute Gasteiger partial charge is 0.311 e. The summed E-state index contributed by atoms with van der Waals surface area (Å²) in [4.78, 5) is 11.7. The van der Waals surface area contributed by atoms with Crippen LogP contribution < -0.4 is 0 Å². The van der Waals surface area contributed by atoms with E-state index in [1.807, 2.05) is 13.8 Å². The molecular formula is C17H20O2. The number of benzene rings is 2. The van der Waals surface area contributed by atoms with Gasteiger partial charge in [0.1, 0.15) is 0 Å². The molecule has 19 heavy (non-hydrogen) atoms. The molecule has 0 radical (unpaired) electrons. The maximum Gasteiger partial charge on any atom is 0.311 e. The number of carbonyl (C=O) groups is 1. The predicted molar refractivity (Wildman–Crippen MR) is 78.2 cm³/mol. The van der Waals surface area contributed by atoms with Gasteiger partial charge in [0.25, 0.3) is 0 Å². The minimum atomic E-state index is -0.493. The van der Waals surface area contributed by atoms with Crippen LogP contribution in [0, 0.1) is 12.3 Å². The Morgan fingerprint density at radius 2 is 1.74 bits per heavy atom. The van der Waals surface area contributed by atoms with Crippen molar-refractivity contribution in [3.8, 4) is 0 Å². The van der Waals surface area contributed by atoms with Crippen molar-refractivity contribution >= 4 is 16.7 Å². The molecule has 0 bridgehead atoms. The second-order valence-electron chi connectivity index (χ2n) is 5.74. The van der Waals surface area contributed by atoms with Crippen LogP contribution in [0.25, 0.3) is 10.8 Å². The summed E-state index contributed by atoms with van der Waals surface area (Å²) in [6.45, 7) is 5.92. The fourth-order valence-corrected chi connectivity index (χ4v) is 2.38. The summed E-state index contributed by atoms with van der Waals surface area (Å²) in [5, 5.41) is 2.45. The molecule has 0 N–H and O–H groups in total. The zero-order valence-corrected chi connectivity index (χ0v) is 12.0. The van der Waals surface area contributed by atoms with Crippen molar-refractivity contribution in [2.24, 2.45) is 5.41 Å². The van der Waals surface area contributed by atoms with Crippen LogP contribution in [0.5, 0.6) is 0 Å². The Morgan fingerprint density at radius 3 is 2.42 bits per heavy atom. The lowest BCUT2D eigenvalue weighted by molar-refractivity contribution is -0.150. The van der Waals surface area contributed by atoms with Gasteiger partial charge in [-0.05, 0) is 43.5 Å². The number of esters is 1. The largest absolute Gasteiger partial charge is 0.469 e. The van der Waals surface area contributed by atoms with Gasteiger partial charge >= 0.3 is 5.97 Å². The first-order chi connectivity index (χ1) is 8.92. The van der Waals surface area contributed by atoms with Crippen LogP contribution in [0.2, 0.25) is 0 Å². The molecule has 0 aliphatic carbocycles. The van der Waals surface area contributed by atoms with Crippen molar-refractivity contribution in [3.05, 3.63) is 47.5 Å². The zero-order valence-electron chi connectivity index (χ0n) is 12.0. The number of fused-ring (bicyclic) bond motifs is 1. The average Bonchev–Trinajstić information content (AvgIpc) is 2.37. The van der Waals surface area contributed by atoms with Gasteiger partial charge in [0.15, 0.2) is 0 Å². The molecule has 0 saturated carbocycles. The van der Waals surface area contributed by atoms with E-state index < -0.39 is 5.41 Å². The SMILES string of the molecule is COC(=O)C(C)(C)Cc1ccc2cc(C)ccc2c1. The number of hydrogen-bond donors (Lipinski definition) is 0. The van der Waals surface area contributed by atoms with Gasteiger partial charge in [0, 0.05) is 0 Å². The van der Waals surface area contributed by atoms with Gasteiger partial charge in [-0.25, -0.2) is 0 Å². The molecule has 100 valence electrons. The molecule has 0 spiro atoms. The summed E-state index contributed by atoms with van der Waals surface area (Å²) in [6.07, 6.45) is 0.684. The Labute approximate surface area is 114 Å². The zero-order chi connectivity index (χ0) is 14.0. The van der Waals surface area contributed by atoms with E-state index in [-0.39, 0.29) is 5.97 Å². The molecule has 0 amide bonds. The second-order valence-corrected chi connectivity index (χ2v) is 5.74. The Bertz CT molecular complexity index is 612. The topological polar surface area (TPSA) is 26.3 Å². The van der Waals surface area contributed by atoms with E-state index in [9.17, 15) is 4.79 Å². The summed E-state index contributed by atoms with van der Waals surface area (Å²) in [7, 11) is 1.44. The first kappa shape index (κ1) is 13.6. The molecular weight excluding hydrogens is 236 g/mol. The van der Waals surface area contributed by atoms with E-state index in [2.05, 4.69) is 43.3 Å². The molecule has 2 nitrogen and oxygen atoms in total. The highest BCUT2D eigenvalue weighted by molar-refractivity contribution is 5.84. The Morgan fingerprint density at radius 1 is 1.11 bits per heavy atom. The lowest BCUT2D eigenvalue weighted by atomic mass is 9.85. The number of aryl methyl sites for hydroxylation is 1. The van der Waals surface area contributed by atoms with Gasteiger partial charge in [-0.3, -0.25) is 4.79 Å². The molecule has 2 rings (SSSR count). The summed E-state index contributed by atoms with van der Waals surface area (Å²) in [6, 6.07) is 12.8. The molecule has 0 aliphatic heterocycles. The molecule has 2 aromatic carbocycles. The van der Waals surface area contributed by atoms with Gasteiger partial charge < -0.3 is 4.74 Å². The maximum absolute atomic E-state index is 11.7. The number of hydrogen-bond acceptors (Lipinski definition) is 2. The van der Waals surface area contributed by atoms with Crippen molar-refractivity contribution in [1.29, 1.82) is 0 Å². The van der Waals surface area contributed by atoms with Gasteiger partial charge in [-0.15, -0.1) is 0 Å². The Hall–Kier alpha value is -1.83. The van der Waals surface area contributed by atoms with Crippen LogP contribution in [0.15, 0.2) is 36.4 Å². The molecule has 0 aromatic heterocycles. The highest BCUT2D eigenvalue weighted by Crippen LogP contribution is 2.26. The Balaban J connectivity index is 2.32. The van der Waals surface area contributed by atoms with Crippen molar-refractivity contribution in [2.45, 2.75) is 27.2 Å². The molecule has 0 unspecified atom stereocenters. The van der Waals surface area contributed by atoms with Crippen molar-refractivity contribution in [3.63, 3.8) is 0 Å². The van der Waals surface area contributed by atoms with Crippen LogP contribution in [0.1, 0.15) is 25.0 Å².